The molecule has 1 heterocycles. The van der Waals surface area contributed by atoms with Gasteiger partial charge in [0.2, 0.25) is 0 Å². The van der Waals surface area contributed by atoms with Gasteiger partial charge in [0, 0.05) is 12.6 Å². The summed E-state index contributed by atoms with van der Waals surface area (Å²) in [5, 5.41) is 0. The lowest BCUT2D eigenvalue weighted by molar-refractivity contribution is 0.202. The first-order valence-corrected chi connectivity index (χ1v) is 5.96. The number of rotatable bonds is 2. The summed E-state index contributed by atoms with van der Waals surface area (Å²) in [4.78, 5) is 2.50. The summed E-state index contributed by atoms with van der Waals surface area (Å²) in [5.41, 5.74) is 3.11. The van der Waals surface area contributed by atoms with Gasteiger partial charge in [0.05, 0.1) is 0 Å². The van der Waals surface area contributed by atoms with Gasteiger partial charge < -0.3 is 0 Å². The van der Waals surface area contributed by atoms with Gasteiger partial charge in [0.15, 0.2) is 0 Å². The summed E-state index contributed by atoms with van der Waals surface area (Å²) in [7, 11) is 2.25. The first-order valence-electron chi connectivity index (χ1n) is 5.96. The van der Waals surface area contributed by atoms with Gasteiger partial charge in [0.25, 0.3) is 0 Å². The molecule has 0 aromatic heterocycles. The summed E-state index contributed by atoms with van der Waals surface area (Å²) < 4.78 is 0. The van der Waals surface area contributed by atoms with E-state index in [0.717, 1.165) is 5.92 Å². The topological polar surface area (TPSA) is 3.24 Å². The van der Waals surface area contributed by atoms with Crippen LogP contribution in [-0.2, 0) is 6.42 Å². The molecule has 0 amide bonds. The molecule has 0 saturated carbocycles. The average Bonchev–Trinajstić information content (AvgIpc) is 2.22. The van der Waals surface area contributed by atoms with Gasteiger partial charge >= 0.3 is 0 Å². The van der Waals surface area contributed by atoms with Crippen LogP contribution in [-0.4, -0.2) is 18.5 Å². The third kappa shape index (κ3) is 2.23. The van der Waals surface area contributed by atoms with Gasteiger partial charge in [-0.15, -0.1) is 0 Å². The van der Waals surface area contributed by atoms with Crippen LogP contribution in [0.1, 0.15) is 37.4 Å². The Morgan fingerprint density at radius 3 is 2.80 bits per heavy atom. The Kier molecular flexibility index (Phi) is 3.11. The van der Waals surface area contributed by atoms with E-state index in [0.29, 0.717) is 6.04 Å². The number of nitrogens with zero attached hydrogens (tertiary/aromatic N) is 1. The molecule has 0 fully saturated rings. The fraction of sp³-hybridized carbons (Fsp3) is 0.571. The van der Waals surface area contributed by atoms with E-state index in [1.807, 2.05) is 0 Å². The molecule has 0 N–H and O–H groups in total. The van der Waals surface area contributed by atoms with Gasteiger partial charge in [-0.3, -0.25) is 4.90 Å². The zero-order chi connectivity index (χ0) is 10.8. The Labute approximate surface area is 93.1 Å². The van der Waals surface area contributed by atoms with E-state index < -0.39 is 0 Å². The molecule has 15 heavy (non-hydrogen) atoms. The minimum atomic E-state index is 0.634. The predicted octanol–water partition coefficient (Wildman–Crippen LogP) is 3.26. The normalized spacial score (nSPS) is 21.7. The van der Waals surface area contributed by atoms with Crippen molar-refractivity contribution in [1.82, 2.24) is 4.90 Å². The van der Waals surface area contributed by atoms with E-state index in [9.17, 15) is 0 Å². The van der Waals surface area contributed by atoms with Gasteiger partial charge in [-0.2, -0.15) is 0 Å². The van der Waals surface area contributed by atoms with Crippen LogP contribution in [0.25, 0.3) is 0 Å². The summed E-state index contributed by atoms with van der Waals surface area (Å²) in [5.74, 6) is 0.767. The van der Waals surface area contributed by atoms with Crippen molar-refractivity contribution < 1.29 is 0 Å². The molecule has 2 rings (SSSR count). The quantitative estimate of drug-likeness (QED) is 0.713. The Hall–Kier alpha value is -0.820. The van der Waals surface area contributed by atoms with Crippen molar-refractivity contribution in [3.05, 3.63) is 35.4 Å². The number of benzene rings is 1. The Morgan fingerprint density at radius 2 is 2.07 bits per heavy atom. The monoisotopic (exact) mass is 203 g/mol. The second kappa shape index (κ2) is 4.36. The van der Waals surface area contributed by atoms with Crippen LogP contribution < -0.4 is 0 Å². The van der Waals surface area contributed by atoms with Crippen molar-refractivity contribution in [3.63, 3.8) is 0 Å². The average molecular weight is 203 g/mol. The van der Waals surface area contributed by atoms with Crippen LogP contribution in [0.5, 0.6) is 0 Å². The molecule has 1 aromatic carbocycles. The van der Waals surface area contributed by atoms with Crippen LogP contribution in [0.15, 0.2) is 24.3 Å². The van der Waals surface area contributed by atoms with Crippen LogP contribution in [0.3, 0.4) is 0 Å². The maximum Gasteiger partial charge on any atom is 0.0350 e. The predicted molar refractivity (Wildman–Crippen MR) is 65.0 cm³/mol. The number of hydrogen-bond acceptors (Lipinski definition) is 1. The minimum Gasteiger partial charge on any atom is -0.299 e. The first-order chi connectivity index (χ1) is 7.18. The van der Waals surface area contributed by atoms with E-state index in [-0.39, 0.29) is 0 Å². The Bertz CT molecular complexity index is 330. The zero-order valence-corrected chi connectivity index (χ0v) is 10.0. The molecule has 1 nitrogen and oxygen atoms in total. The highest BCUT2D eigenvalue weighted by Crippen LogP contribution is 2.32. The third-order valence-electron chi connectivity index (χ3n) is 3.37. The largest absolute Gasteiger partial charge is 0.299 e. The van der Waals surface area contributed by atoms with E-state index in [1.54, 1.807) is 11.1 Å². The smallest absolute Gasteiger partial charge is 0.0350 e. The molecule has 0 aliphatic carbocycles. The fourth-order valence-corrected chi connectivity index (χ4v) is 2.53. The van der Waals surface area contributed by atoms with E-state index in [1.165, 1.54) is 19.4 Å². The summed E-state index contributed by atoms with van der Waals surface area (Å²) >= 11 is 0. The highest BCUT2D eigenvalue weighted by atomic mass is 15.1. The number of hydrogen-bond donors (Lipinski definition) is 0. The van der Waals surface area contributed by atoms with Crippen molar-refractivity contribution in [2.45, 2.75) is 32.7 Å². The van der Waals surface area contributed by atoms with E-state index >= 15 is 0 Å². The van der Waals surface area contributed by atoms with Crippen LogP contribution >= 0.6 is 0 Å². The molecular formula is C14H21N. The zero-order valence-electron chi connectivity index (χ0n) is 10.0. The third-order valence-corrected chi connectivity index (χ3v) is 3.37. The molecule has 1 atom stereocenters. The lowest BCUT2D eigenvalue weighted by Gasteiger charge is -2.35. The Morgan fingerprint density at radius 1 is 1.33 bits per heavy atom. The Balaban J connectivity index is 2.28. The molecular weight excluding hydrogens is 182 g/mol. The van der Waals surface area contributed by atoms with Gasteiger partial charge in [-0.1, -0.05) is 38.1 Å². The number of likely N-dealkylation sites (N-methyl/N-ethyl adjacent to an activating group) is 1. The molecule has 1 aliphatic rings. The minimum absolute atomic E-state index is 0.634. The maximum atomic E-state index is 2.50. The second-order valence-electron chi connectivity index (χ2n) is 5.07. The molecule has 0 unspecified atom stereocenters. The summed E-state index contributed by atoms with van der Waals surface area (Å²) in [6, 6.07) is 9.56. The molecule has 0 saturated heterocycles. The van der Waals surface area contributed by atoms with Crippen LogP contribution in [0, 0.1) is 5.92 Å². The van der Waals surface area contributed by atoms with Crippen molar-refractivity contribution in [1.29, 1.82) is 0 Å². The second-order valence-corrected chi connectivity index (χ2v) is 5.07. The molecule has 0 bridgehead atoms. The van der Waals surface area contributed by atoms with Gasteiger partial charge in [-0.05, 0) is 36.9 Å². The highest BCUT2D eigenvalue weighted by Gasteiger charge is 2.24. The fourth-order valence-electron chi connectivity index (χ4n) is 2.53. The molecule has 1 aliphatic heterocycles. The lowest BCUT2D eigenvalue weighted by Crippen LogP contribution is -2.32. The SMILES string of the molecule is CC(C)C[C@@H]1c2ccccc2CCN1C. The number of fused-ring (bicyclic) bond motifs is 1. The van der Waals surface area contributed by atoms with Crippen LogP contribution in [0.2, 0.25) is 0 Å². The van der Waals surface area contributed by atoms with Crippen molar-refractivity contribution >= 4 is 0 Å². The molecule has 1 heteroatoms. The van der Waals surface area contributed by atoms with Crippen molar-refractivity contribution in [2.24, 2.45) is 5.92 Å². The molecule has 82 valence electrons. The van der Waals surface area contributed by atoms with Gasteiger partial charge in [0.1, 0.15) is 0 Å². The molecule has 0 spiro atoms. The summed E-state index contributed by atoms with van der Waals surface area (Å²) in [6.45, 7) is 5.82. The van der Waals surface area contributed by atoms with Crippen LogP contribution in [0.4, 0.5) is 0 Å². The lowest BCUT2D eigenvalue weighted by atomic mass is 9.88. The van der Waals surface area contributed by atoms with E-state index in [2.05, 4.69) is 50.1 Å². The van der Waals surface area contributed by atoms with Gasteiger partial charge in [-0.25, -0.2) is 0 Å². The van der Waals surface area contributed by atoms with E-state index in [4.69, 9.17) is 0 Å². The first kappa shape index (κ1) is 10.7. The highest BCUT2D eigenvalue weighted by molar-refractivity contribution is 5.32. The molecule has 0 radical (unpaired) electrons. The standard InChI is InChI=1S/C14H21N/c1-11(2)10-14-13-7-5-4-6-12(13)8-9-15(14)3/h4-7,11,14H,8-10H2,1-3H3/t14-/m1/s1. The van der Waals surface area contributed by atoms with Crippen molar-refractivity contribution in [3.8, 4) is 0 Å². The van der Waals surface area contributed by atoms with Crippen molar-refractivity contribution in [2.75, 3.05) is 13.6 Å². The molecule has 1 aromatic rings. The summed E-state index contributed by atoms with van der Waals surface area (Å²) in [6.07, 6.45) is 2.48. The maximum absolute atomic E-state index is 2.50.